The number of halogens is 1. The van der Waals surface area contributed by atoms with E-state index in [0.717, 1.165) is 23.3 Å². The van der Waals surface area contributed by atoms with E-state index >= 15 is 0 Å². The second-order valence-corrected chi connectivity index (χ2v) is 6.06. The SMILES string of the molecule is CC1(C)NCCN(CCOc2ccc(Br)cc2)C1=O. The van der Waals surface area contributed by atoms with Gasteiger partial charge >= 0.3 is 0 Å². The summed E-state index contributed by atoms with van der Waals surface area (Å²) in [6.45, 7) is 6.54. The Kier molecular flexibility index (Phi) is 4.47. The summed E-state index contributed by atoms with van der Waals surface area (Å²) in [6.07, 6.45) is 0. The molecule has 1 saturated heterocycles. The number of amides is 1. The zero-order valence-electron chi connectivity index (χ0n) is 11.3. The molecule has 19 heavy (non-hydrogen) atoms. The first-order valence-corrected chi connectivity index (χ1v) is 7.21. The normalized spacial score (nSPS) is 18.5. The lowest BCUT2D eigenvalue weighted by Crippen LogP contribution is -2.61. The summed E-state index contributed by atoms with van der Waals surface area (Å²) >= 11 is 3.38. The molecule has 1 aromatic carbocycles. The van der Waals surface area contributed by atoms with Gasteiger partial charge in [0.2, 0.25) is 5.91 Å². The lowest BCUT2D eigenvalue weighted by atomic mass is 10.0. The van der Waals surface area contributed by atoms with Crippen molar-refractivity contribution in [2.24, 2.45) is 0 Å². The molecule has 4 nitrogen and oxygen atoms in total. The number of piperazine rings is 1. The molecule has 1 aromatic rings. The van der Waals surface area contributed by atoms with Crippen molar-refractivity contribution in [3.8, 4) is 5.75 Å². The van der Waals surface area contributed by atoms with Crippen molar-refractivity contribution < 1.29 is 9.53 Å². The molecule has 1 amide bonds. The molecule has 0 bridgehead atoms. The van der Waals surface area contributed by atoms with Crippen molar-refractivity contribution in [2.75, 3.05) is 26.2 Å². The van der Waals surface area contributed by atoms with Crippen LogP contribution in [0.3, 0.4) is 0 Å². The van der Waals surface area contributed by atoms with E-state index in [9.17, 15) is 4.79 Å². The van der Waals surface area contributed by atoms with Crippen LogP contribution in [-0.2, 0) is 4.79 Å². The van der Waals surface area contributed by atoms with Gasteiger partial charge in [0.25, 0.3) is 0 Å². The van der Waals surface area contributed by atoms with Crippen LogP contribution in [0.15, 0.2) is 28.7 Å². The quantitative estimate of drug-likeness (QED) is 0.920. The predicted molar refractivity (Wildman–Crippen MR) is 78.3 cm³/mol. The number of rotatable bonds is 4. The number of carbonyl (C=O) groups excluding carboxylic acids is 1. The van der Waals surface area contributed by atoms with Gasteiger partial charge in [-0.25, -0.2) is 0 Å². The molecule has 5 heteroatoms. The van der Waals surface area contributed by atoms with Gasteiger partial charge in [0.15, 0.2) is 0 Å². The number of hydrogen-bond acceptors (Lipinski definition) is 3. The average Bonchev–Trinajstić information content (AvgIpc) is 2.37. The average molecular weight is 327 g/mol. The molecule has 0 atom stereocenters. The molecule has 0 saturated carbocycles. The molecular formula is C14H19BrN2O2. The van der Waals surface area contributed by atoms with Crippen LogP contribution >= 0.6 is 15.9 Å². The molecule has 1 aliphatic rings. The Hall–Kier alpha value is -1.07. The monoisotopic (exact) mass is 326 g/mol. The van der Waals surface area contributed by atoms with E-state index in [1.165, 1.54) is 0 Å². The molecular weight excluding hydrogens is 308 g/mol. The van der Waals surface area contributed by atoms with Crippen molar-refractivity contribution in [1.82, 2.24) is 10.2 Å². The van der Waals surface area contributed by atoms with Crippen LogP contribution < -0.4 is 10.1 Å². The van der Waals surface area contributed by atoms with Gasteiger partial charge in [-0.15, -0.1) is 0 Å². The fourth-order valence-corrected chi connectivity index (χ4v) is 2.36. The lowest BCUT2D eigenvalue weighted by molar-refractivity contribution is -0.140. The highest BCUT2D eigenvalue weighted by molar-refractivity contribution is 9.10. The minimum absolute atomic E-state index is 0.137. The Labute approximate surface area is 122 Å². The minimum atomic E-state index is -0.462. The van der Waals surface area contributed by atoms with E-state index in [4.69, 9.17) is 4.74 Å². The number of ether oxygens (including phenoxy) is 1. The summed E-state index contributed by atoms with van der Waals surface area (Å²) in [5.41, 5.74) is -0.462. The second kappa shape index (κ2) is 5.92. The Balaban J connectivity index is 1.82. The van der Waals surface area contributed by atoms with Gasteiger partial charge in [0, 0.05) is 17.6 Å². The first-order chi connectivity index (χ1) is 8.99. The van der Waals surface area contributed by atoms with Crippen LogP contribution in [0.2, 0.25) is 0 Å². The molecule has 104 valence electrons. The Morgan fingerprint density at radius 2 is 2.05 bits per heavy atom. The number of hydrogen-bond donors (Lipinski definition) is 1. The summed E-state index contributed by atoms with van der Waals surface area (Å²) < 4.78 is 6.67. The van der Waals surface area contributed by atoms with Gasteiger partial charge in [-0.2, -0.15) is 0 Å². The van der Waals surface area contributed by atoms with Gasteiger partial charge in [-0.3, -0.25) is 4.79 Å². The van der Waals surface area contributed by atoms with Gasteiger partial charge in [0.1, 0.15) is 12.4 Å². The van der Waals surface area contributed by atoms with Gasteiger partial charge in [-0.05, 0) is 38.1 Å². The molecule has 0 aliphatic carbocycles. The smallest absolute Gasteiger partial charge is 0.242 e. The van der Waals surface area contributed by atoms with Gasteiger partial charge < -0.3 is 15.0 Å². The Morgan fingerprint density at radius 1 is 1.37 bits per heavy atom. The van der Waals surface area contributed by atoms with Crippen LogP contribution in [0.5, 0.6) is 5.75 Å². The van der Waals surface area contributed by atoms with E-state index in [2.05, 4.69) is 21.2 Å². The molecule has 2 rings (SSSR count). The highest BCUT2D eigenvalue weighted by atomic mass is 79.9. The summed E-state index contributed by atoms with van der Waals surface area (Å²) in [7, 11) is 0. The van der Waals surface area contributed by atoms with Crippen LogP contribution in [-0.4, -0.2) is 42.6 Å². The van der Waals surface area contributed by atoms with E-state index in [1.807, 2.05) is 43.0 Å². The first-order valence-electron chi connectivity index (χ1n) is 6.42. The molecule has 0 aromatic heterocycles. The molecule has 1 fully saturated rings. The van der Waals surface area contributed by atoms with Crippen LogP contribution in [0.1, 0.15) is 13.8 Å². The zero-order valence-corrected chi connectivity index (χ0v) is 12.9. The summed E-state index contributed by atoms with van der Waals surface area (Å²) in [6, 6.07) is 7.70. The topological polar surface area (TPSA) is 41.6 Å². The standard InChI is InChI=1S/C14H19BrN2O2/c1-14(2)13(18)17(8-7-16-14)9-10-19-12-5-3-11(15)4-6-12/h3-6,16H,7-10H2,1-2H3. The van der Waals surface area contributed by atoms with Crippen molar-refractivity contribution >= 4 is 21.8 Å². The molecule has 0 radical (unpaired) electrons. The highest BCUT2D eigenvalue weighted by Gasteiger charge is 2.34. The van der Waals surface area contributed by atoms with E-state index in [-0.39, 0.29) is 5.91 Å². The highest BCUT2D eigenvalue weighted by Crippen LogP contribution is 2.16. The van der Waals surface area contributed by atoms with Crippen molar-refractivity contribution in [2.45, 2.75) is 19.4 Å². The Morgan fingerprint density at radius 3 is 2.74 bits per heavy atom. The summed E-state index contributed by atoms with van der Waals surface area (Å²) in [5, 5.41) is 3.22. The predicted octanol–water partition coefficient (Wildman–Crippen LogP) is 2.04. The van der Waals surface area contributed by atoms with Crippen molar-refractivity contribution in [1.29, 1.82) is 0 Å². The largest absolute Gasteiger partial charge is 0.492 e. The van der Waals surface area contributed by atoms with E-state index in [0.29, 0.717) is 13.2 Å². The molecule has 1 aliphatic heterocycles. The molecule has 0 spiro atoms. The Bertz CT molecular complexity index is 445. The molecule has 0 unspecified atom stereocenters. The number of nitrogens with zero attached hydrogens (tertiary/aromatic N) is 1. The maximum atomic E-state index is 12.1. The third kappa shape index (κ3) is 3.70. The van der Waals surface area contributed by atoms with Crippen LogP contribution in [0.4, 0.5) is 0 Å². The maximum absolute atomic E-state index is 12.1. The van der Waals surface area contributed by atoms with Gasteiger partial charge in [-0.1, -0.05) is 15.9 Å². The fourth-order valence-electron chi connectivity index (χ4n) is 2.09. The van der Waals surface area contributed by atoms with E-state index in [1.54, 1.807) is 0 Å². The molecule has 1 heterocycles. The van der Waals surface area contributed by atoms with Crippen LogP contribution in [0.25, 0.3) is 0 Å². The second-order valence-electron chi connectivity index (χ2n) is 5.15. The summed E-state index contributed by atoms with van der Waals surface area (Å²) in [4.78, 5) is 14.0. The van der Waals surface area contributed by atoms with Crippen molar-refractivity contribution in [3.05, 3.63) is 28.7 Å². The number of nitrogens with one attached hydrogen (secondary N) is 1. The molecule has 1 N–H and O–H groups in total. The number of carbonyl (C=O) groups is 1. The van der Waals surface area contributed by atoms with Crippen LogP contribution in [0, 0.1) is 0 Å². The third-order valence-electron chi connectivity index (χ3n) is 3.21. The number of benzene rings is 1. The first kappa shape index (κ1) is 14.3. The van der Waals surface area contributed by atoms with Crippen molar-refractivity contribution in [3.63, 3.8) is 0 Å². The zero-order chi connectivity index (χ0) is 13.9. The fraction of sp³-hybridized carbons (Fsp3) is 0.500. The van der Waals surface area contributed by atoms with Gasteiger partial charge in [0.05, 0.1) is 12.1 Å². The maximum Gasteiger partial charge on any atom is 0.242 e. The minimum Gasteiger partial charge on any atom is -0.492 e. The lowest BCUT2D eigenvalue weighted by Gasteiger charge is -2.38. The van der Waals surface area contributed by atoms with E-state index < -0.39 is 5.54 Å². The third-order valence-corrected chi connectivity index (χ3v) is 3.74. The summed E-state index contributed by atoms with van der Waals surface area (Å²) in [5.74, 6) is 0.961.